The lowest BCUT2D eigenvalue weighted by molar-refractivity contribution is 0.0821. The second-order valence-corrected chi connectivity index (χ2v) is 2.94. The molecular weight excluding hydrogens is 128 g/mol. The topological polar surface area (TPSA) is 56.1 Å². The van der Waals surface area contributed by atoms with Crippen LogP contribution in [-0.4, -0.2) is 29.5 Å². The zero-order valence-electron chi connectivity index (χ0n) is 6.28. The Morgan fingerprint density at radius 1 is 1.70 bits per heavy atom. The predicted octanol–water partition coefficient (Wildman–Crippen LogP) is 0.141. The van der Waals surface area contributed by atoms with E-state index in [1.54, 1.807) is 6.92 Å². The van der Waals surface area contributed by atoms with E-state index in [0.717, 1.165) is 19.4 Å². The lowest BCUT2D eigenvalue weighted by atomic mass is 9.90. The maximum absolute atomic E-state index is 9.66. The molecule has 3 nitrogen and oxygen atoms in total. The van der Waals surface area contributed by atoms with Gasteiger partial charge in [-0.15, -0.1) is 0 Å². The van der Waals surface area contributed by atoms with Gasteiger partial charge in [0.05, 0.1) is 0 Å². The minimum atomic E-state index is -0.849. The van der Waals surface area contributed by atoms with Crippen molar-refractivity contribution in [3.63, 3.8) is 0 Å². The van der Waals surface area contributed by atoms with Crippen LogP contribution in [0, 0.1) is 5.41 Å². The van der Waals surface area contributed by atoms with Gasteiger partial charge in [0.25, 0.3) is 0 Å². The molecule has 1 fully saturated rings. The van der Waals surface area contributed by atoms with Crippen LogP contribution in [0.15, 0.2) is 0 Å². The molecule has 1 unspecified atom stereocenters. The Balaban J connectivity index is 2.56. The Hall–Kier alpha value is -0.410. The van der Waals surface area contributed by atoms with Crippen LogP contribution >= 0.6 is 0 Å². The highest BCUT2D eigenvalue weighted by Gasteiger charge is 2.30. The number of aliphatic hydroxyl groups is 1. The smallest absolute Gasteiger partial charge is 0.114 e. The minimum Gasteiger partial charge on any atom is -0.383 e. The zero-order chi connectivity index (χ0) is 7.61. The lowest BCUT2D eigenvalue weighted by Crippen LogP contribution is -2.50. The third-order valence-electron chi connectivity index (χ3n) is 2.06. The number of hydrogen-bond donors (Lipinski definition) is 3. The van der Waals surface area contributed by atoms with Gasteiger partial charge in [-0.25, -0.2) is 0 Å². The van der Waals surface area contributed by atoms with E-state index in [2.05, 4.69) is 5.32 Å². The van der Waals surface area contributed by atoms with Gasteiger partial charge in [-0.05, 0) is 26.3 Å². The average molecular weight is 142 g/mol. The van der Waals surface area contributed by atoms with Gasteiger partial charge in [0.2, 0.25) is 0 Å². The maximum atomic E-state index is 9.66. The summed E-state index contributed by atoms with van der Waals surface area (Å²) in [6, 6.07) is 0. The van der Waals surface area contributed by atoms with Gasteiger partial charge < -0.3 is 15.8 Å². The normalized spacial score (nSPS) is 33.8. The van der Waals surface area contributed by atoms with Crippen LogP contribution in [0.3, 0.4) is 0 Å². The van der Waals surface area contributed by atoms with E-state index >= 15 is 0 Å². The number of nitrogens with one attached hydrogen (secondary N) is 2. The maximum Gasteiger partial charge on any atom is 0.114 e. The molecule has 1 aliphatic heterocycles. The quantitative estimate of drug-likeness (QED) is 0.456. The second kappa shape index (κ2) is 2.68. The van der Waals surface area contributed by atoms with Crippen molar-refractivity contribution in [3.8, 4) is 0 Å². The van der Waals surface area contributed by atoms with E-state index in [1.807, 2.05) is 0 Å². The van der Waals surface area contributed by atoms with Crippen molar-refractivity contribution < 1.29 is 5.11 Å². The first-order valence-electron chi connectivity index (χ1n) is 3.64. The van der Waals surface area contributed by atoms with Crippen LogP contribution in [0.4, 0.5) is 0 Å². The van der Waals surface area contributed by atoms with E-state index in [4.69, 9.17) is 5.41 Å². The first-order chi connectivity index (χ1) is 4.65. The molecule has 0 amide bonds. The molecule has 0 spiro atoms. The standard InChI is InChI=1S/C7H14N2O/c1-6(8)7(10)3-2-4-9-5-7/h8-10H,2-5H2,1H3. The Morgan fingerprint density at radius 3 is 2.70 bits per heavy atom. The molecule has 1 aliphatic rings. The number of rotatable bonds is 1. The van der Waals surface area contributed by atoms with Gasteiger partial charge >= 0.3 is 0 Å². The molecule has 10 heavy (non-hydrogen) atoms. The molecule has 3 heteroatoms. The van der Waals surface area contributed by atoms with Gasteiger partial charge in [-0.3, -0.25) is 0 Å². The molecule has 58 valence electrons. The fourth-order valence-corrected chi connectivity index (χ4v) is 1.21. The van der Waals surface area contributed by atoms with Crippen LogP contribution in [0.5, 0.6) is 0 Å². The number of hydrogen-bond acceptors (Lipinski definition) is 3. The van der Waals surface area contributed by atoms with Crippen LogP contribution < -0.4 is 5.32 Å². The van der Waals surface area contributed by atoms with Crippen molar-refractivity contribution in [2.24, 2.45) is 0 Å². The molecule has 0 aromatic rings. The van der Waals surface area contributed by atoms with Gasteiger partial charge in [-0.1, -0.05) is 0 Å². The summed E-state index contributed by atoms with van der Waals surface area (Å²) >= 11 is 0. The van der Waals surface area contributed by atoms with Crippen molar-refractivity contribution in [2.45, 2.75) is 25.4 Å². The summed E-state index contributed by atoms with van der Waals surface area (Å²) in [5.41, 5.74) is -0.474. The molecule has 0 aliphatic carbocycles. The molecule has 3 N–H and O–H groups in total. The molecule has 0 aromatic carbocycles. The zero-order valence-corrected chi connectivity index (χ0v) is 6.28. The van der Waals surface area contributed by atoms with Crippen molar-refractivity contribution in [1.29, 1.82) is 5.41 Å². The lowest BCUT2D eigenvalue weighted by Gasteiger charge is -2.31. The first kappa shape index (κ1) is 7.69. The van der Waals surface area contributed by atoms with Gasteiger partial charge in [-0.2, -0.15) is 0 Å². The van der Waals surface area contributed by atoms with Crippen LogP contribution in [0.1, 0.15) is 19.8 Å². The summed E-state index contributed by atoms with van der Waals surface area (Å²) in [4.78, 5) is 0. The van der Waals surface area contributed by atoms with E-state index in [0.29, 0.717) is 12.3 Å². The van der Waals surface area contributed by atoms with E-state index < -0.39 is 5.60 Å². The second-order valence-electron chi connectivity index (χ2n) is 2.94. The van der Waals surface area contributed by atoms with E-state index in [-0.39, 0.29) is 0 Å². The highest BCUT2D eigenvalue weighted by atomic mass is 16.3. The van der Waals surface area contributed by atoms with Crippen LogP contribution in [-0.2, 0) is 0 Å². The molecule has 0 aromatic heterocycles. The van der Waals surface area contributed by atoms with Gasteiger partial charge in [0.15, 0.2) is 0 Å². The molecule has 0 radical (unpaired) electrons. The molecule has 0 bridgehead atoms. The summed E-state index contributed by atoms with van der Waals surface area (Å²) < 4.78 is 0. The van der Waals surface area contributed by atoms with Crippen molar-refractivity contribution in [2.75, 3.05) is 13.1 Å². The van der Waals surface area contributed by atoms with E-state index in [9.17, 15) is 5.11 Å². The van der Waals surface area contributed by atoms with Crippen molar-refractivity contribution >= 4 is 5.71 Å². The van der Waals surface area contributed by atoms with Crippen molar-refractivity contribution in [3.05, 3.63) is 0 Å². The Bertz CT molecular complexity index is 139. The summed E-state index contributed by atoms with van der Waals surface area (Å²) in [6.07, 6.45) is 1.70. The van der Waals surface area contributed by atoms with E-state index in [1.165, 1.54) is 0 Å². The fraction of sp³-hybridized carbons (Fsp3) is 0.857. The molecule has 1 heterocycles. The predicted molar refractivity (Wildman–Crippen MR) is 40.5 cm³/mol. The largest absolute Gasteiger partial charge is 0.383 e. The molecule has 0 saturated carbocycles. The Morgan fingerprint density at radius 2 is 2.40 bits per heavy atom. The molecule has 1 rings (SSSR count). The SMILES string of the molecule is CC(=N)C1(O)CCCNC1. The Labute approximate surface area is 61.0 Å². The summed E-state index contributed by atoms with van der Waals surface area (Å²) in [6.45, 7) is 3.17. The summed E-state index contributed by atoms with van der Waals surface area (Å²) in [7, 11) is 0. The molecule has 1 atom stereocenters. The monoisotopic (exact) mass is 142 g/mol. The third-order valence-corrected chi connectivity index (χ3v) is 2.06. The highest BCUT2D eigenvalue weighted by Crippen LogP contribution is 2.16. The highest BCUT2D eigenvalue weighted by molar-refractivity contribution is 5.87. The molecule has 1 saturated heterocycles. The fourth-order valence-electron chi connectivity index (χ4n) is 1.21. The minimum absolute atomic E-state index is 0.375. The molecular formula is C7H14N2O. The van der Waals surface area contributed by atoms with Crippen LogP contribution in [0.25, 0.3) is 0 Å². The van der Waals surface area contributed by atoms with Gasteiger partial charge in [0.1, 0.15) is 5.60 Å². The Kier molecular flexibility index (Phi) is 2.06. The van der Waals surface area contributed by atoms with Crippen molar-refractivity contribution in [1.82, 2.24) is 5.32 Å². The van der Waals surface area contributed by atoms with Crippen LogP contribution in [0.2, 0.25) is 0 Å². The number of β-amino-alcohol motifs (C(OH)–C–C–N with tert-alkyl or cyclic N) is 1. The summed E-state index contributed by atoms with van der Waals surface area (Å²) in [5.74, 6) is 0. The number of piperidine rings is 1. The summed E-state index contributed by atoms with van der Waals surface area (Å²) in [5, 5.41) is 20.0. The first-order valence-corrected chi connectivity index (χ1v) is 3.64. The van der Waals surface area contributed by atoms with Gasteiger partial charge in [0, 0.05) is 12.3 Å². The third kappa shape index (κ3) is 1.36. The average Bonchev–Trinajstić information content (AvgIpc) is 1.89.